The second-order valence-electron chi connectivity index (χ2n) is 6.62. The summed E-state index contributed by atoms with van der Waals surface area (Å²) in [4.78, 5) is 26.5. The zero-order valence-electron chi connectivity index (χ0n) is 15.1. The van der Waals surface area contributed by atoms with Crippen molar-refractivity contribution in [3.05, 3.63) is 71.8 Å². The van der Waals surface area contributed by atoms with Gasteiger partial charge in [-0.05, 0) is 24.0 Å². The van der Waals surface area contributed by atoms with Crippen LogP contribution in [0.15, 0.2) is 60.7 Å². The topological polar surface area (TPSA) is 58.6 Å². The van der Waals surface area contributed by atoms with Crippen molar-refractivity contribution in [2.75, 3.05) is 13.1 Å². The average Bonchev–Trinajstić information content (AvgIpc) is 3.10. The van der Waals surface area contributed by atoms with Crippen molar-refractivity contribution >= 4 is 24.6 Å². The highest BCUT2D eigenvalue weighted by molar-refractivity contribution is 7.81. The molecular weight excluding hydrogens is 360 g/mol. The van der Waals surface area contributed by atoms with E-state index >= 15 is 0 Å². The number of carbonyl (C=O) groups excluding carboxylic acids is 2. The van der Waals surface area contributed by atoms with Gasteiger partial charge in [0.25, 0.3) is 0 Å². The van der Waals surface area contributed by atoms with Gasteiger partial charge in [0.15, 0.2) is 0 Å². The SMILES string of the molecule is O=C(NCCc1ccccc1)[C@@H]1C[C@H](S)CN1C(=O)OCc1ccccc1. The molecule has 1 aliphatic rings. The Bertz CT molecular complexity index is 755. The van der Waals surface area contributed by atoms with E-state index in [4.69, 9.17) is 4.74 Å². The van der Waals surface area contributed by atoms with Crippen molar-refractivity contribution in [2.45, 2.75) is 30.7 Å². The summed E-state index contributed by atoms with van der Waals surface area (Å²) in [5.74, 6) is -0.154. The van der Waals surface area contributed by atoms with E-state index in [1.54, 1.807) is 0 Å². The first-order chi connectivity index (χ1) is 13.1. The van der Waals surface area contributed by atoms with Gasteiger partial charge >= 0.3 is 6.09 Å². The van der Waals surface area contributed by atoms with Crippen molar-refractivity contribution in [1.82, 2.24) is 10.2 Å². The zero-order chi connectivity index (χ0) is 19.1. The van der Waals surface area contributed by atoms with Crippen LogP contribution in [0.5, 0.6) is 0 Å². The van der Waals surface area contributed by atoms with E-state index < -0.39 is 12.1 Å². The Morgan fingerprint density at radius 3 is 2.33 bits per heavy atom. The second-order valence-corrected chi connectivity index (χ2v) is 7.35. The summed E-state index contributed by atoms with van der Waals surface area (Å²) in [7, 11) is 0. The molecule has 0 bridgehead atoms. The predicted molar refractivity (Wildman–Crippen MR) is 108 cm³/mol. The molecule has 5 nitrogen and oxygen atoms in total. The molecule has 1 saturated heterocycles. The van der Waals surface area contributed by atoms with E-state index in [1.165, 1.54) is 4.90 Å². The molecule has 2 aromatic carbocycles. The lowest BCUT2D eigenvalue weighted by molar-refractivity contribution is -0.125. The van der Waals surface area contributed by atoms with Gasteiger partial charge in [-0.1, -0.05) is 60.7 Å². The first kappa shape index (κ1) is 19.3. The molecule has 6 heteroatoms. The molecule has 27 heavy (non-hydrogen) atoms. The number of hydrogen-bond acceptors (Lipinski definition) is 4. The van der Waals surface area contributed by atoms with Gasteiger partial charge < -0.3 is 10.1 Å². The van der Waals surface area contributed by atoms with Gasteiger partial charge in [-0.3, -0.25) is 9.69 Å². The minimum Gasteiger partial charge on any atom is -0.445 e. The maximum absolute atomic E-state index is 12.6. The monoisotopic (exact) mass is 384 g/mol. The van der Waals surface area contributed by atoms with Crippen LogP contribution >= 0.6 is 12.6 Å². The Hall–Kier alpha value is -2.47. The number of nitrogens with zero attached hydrogens (tertiary/aromatic N) is 1. The quantitative estimate of drug-likeness (QED) is 0.753. The average molecular weight is 385 g/mol. The largest absolute Gasteiger partial charge is 0.445 e. The van der Waals surface area contributed by atoms with E-state index in [0.29, 0.717) is 19.5 Å². The Labute approximate surface area is 165 Å². The van der Waals surface area contributed by atoms with E-state index in [9.17, 15) is 9.59 Å². The summed E-state index contributed by atoms with van der Waals surface area (Å²) in [5, 5.41) is 2.90. The zero-order valence-corrected chi connectivity index (χ0v) is 16.0. The summed E-state index contributed by atoms with van der Waals surface area (Å²) in [6, 6.07) is 18.9. The molecule has 3 rings (SSSR count). The van der Waals surface area contributed by atoms with Crippen LogP contribution in [0.3, 0.4) is 0 Å². The lowest BCUT2D eigenvalue weighted by Gasteiger charge is -2.23. The van der Waals surface area contributed by atoms with Gasteiger partial charge in [0.2, 0.25) is 5.91 Å². The van der Waals surface area contributed by atoms with Crippen LogP contribution in [0.1, 0.15) is 17.5 Å². The molecular formula is C21H24N2O3S. The molecule has 2 amide bonds. The number of thiol groups is 1. The molecule has 2 aromatic rings. The van der Waals surface area contributed by atoms with Crippen LogP contribution in [0, 0.1) is 0 Å². The van der Waals surface area contributed by atoms with Crippen LogP contribution in [-0.4, -0.2) is 41.3 Å². The summed E-state index contributed by atoms with van der Waals surface area (Å²) in [5.41, 5.74) is 2.08. The highest BCUT2D eigenvalue weighted by atomic mass is 32.1. The van der Waals surface area contributed by atoms with Crippen LogP contribution in [-0.2, 0) is 22.6 Å². The van der Waals surface area contributed by atoms with E-state index in [-0.39, 0.29) is 17.8 Å². The maximum atomic E-state index is 12.6. The van der Waals surface area contributed by atoms with Crippen molar-refractivity contribution in [2.24, 2.45) is 0 Å². The molecule has 1 N–H and O–H groups in total. The maximum Gasteiger partial charge on any atom is 0.410 e. The smallest absolute Gasteiger partial charge is 0.410 e. The van der Waals surface area contributed by atoms with Crippen molar-refractivity contribution in [3.8, 4) is 0 Å². The van der Waals surface area contributed by atoms with Crippen LogP contribution < -0.4 is 5.32 Å². The molecule has 0 spiro atoms. The van der Waals surface area contributed by atoms with Crippen LogP contribution in [0.25, 0.3) is 0 Å². The molecule has 1 heterocycles. The highest BCUT2D eigenvalue weighted by Crippen LogP contribution is 2.23. The van der Waals surface area contributed by atoms with Crippen LogP contribution in [0.2, 0.25) is 0 Å². The Balaban J connectivity index is 1.51. The van der Waals surface area contributed by atoms with Gasteiger partial charge in [-0.25, -0.2) is 4.79 Å². The number of ether oxygens (including phenoxy) is 1. The first-order valence-electron chi connectivity index (χ1n) is 9.10. The number of nitrogens with one attached hydrogen (secondary N) is 1. The Morgan fingerprint density at radius 1 is 1.04 bits per heavy atom. The molecule has 1 aliphatic heterocycles. The molecule has 0 radical (unpaired) electrons. The number of rotatable bonds is 6. The normalized spacial score (nSPS) is 18.9. The summed E-state index contributed by atoms with van der Waals surface area (Å²) in [6.07, 6.45) is 0.807. The molecule has 2 atom stereocenters. The number of likely N-dealkylation sites (tertiary alicyclic amines) is 1. The van der Waals surface area contributed by atoms with Gasteiger partial charge in [-0.2, -0.15) is 12.6 Å². The fourth-order valence-corrected chi connectivity index (χ4v) is 3.53. The lowest BCUT2D eigenvalue weighted by atomic mass is 10.1. The molecule has 0 unspecified atom stereocenters. The van der Waals surface area contributed by atoms with E-state index in [1.807, 2.05) is 60.7 Å². The fraction of sp³-hybridized carbons (Fsp3) is 0.333. The van der Waals surface area contributed by atoms with Gasteiger partial charge in [0.05, 0.1) is 0 Å². The molecule has 0 aromatic heterocycles. The summed E-state index contributed by atoms with van der Waals surface area (Å²) >= 11 is 4.46. The summed E-state index contributed by atoms with van der Waals surface area (Å²) < 4.78 is 5.39. The van der Waals surface area contributed by atoms with Gasteiger partial charge in [0, 0.05) is 18.3 Å². The third-order valence-corrected chi connectivity index (χ3v) is 4.95. The van der Waals surface area contributed by atoms with Crippen molar-refractivity contribution < 1.29 is 14.3 Å². The van der Waals surface area contributed by atoms with E-state index in [2.05, 4.69) is 17.9 Å². The number of carbonyl (C=O) groups is 2. The predicted octanol–water partition coefficient (Wildman–Crippen LogP) is 3.05. The third-order valence-electron chi connectivity index (χ3n) is 4.58. The van der Waals surface area contributed by atoms with Crippen molar-refractivity contribution in [1.29, 1.82) is 0 Å². The Kier molecular flexibility index (Phi) is 6.76. The minimum atomic E-state index is -0.536. The molecule has 0 aliphatic carbocycles. The van der Waals surface area contributed by atoms with Gasteiger partial charge in [0.1, 0.15) is 12.6 Å². The highest BCUT2D eigenvalue weighted by Gasteiger charge is 2.39. The molecule has 1 fully saturated rings. The first-order valence-corrected chi connectivity index (χ1v) is 9.62. The van der Waals surface area contributed by atoms with Crippen LogP contribution in [0.4, 0.5) is 4.79 Å². The second kappa shape index (κ2) is 9.46. The fourth-order valence-electron chi connectivity index (χ4n) is 3.16. The number of hydrogen-bond donors (Lipinski definition) is 2. The third kappa shape index (κ3) is 5.50. The molecule has 142 valence electrons. The molecule has 0 saturated carbocycles. The van der Waals surface area contributed by atoms with E-state index in [0.717, 1.165) is 17.5 Å². The standard InChI is InChI=1S/C21H24N2O3S/c24-20(22-12-11-16-7-3-1-4-8-16)19-13-18(27)14-23(19)21(25)26-15-17-9-5-2-6-10-17/h1-10,18-19,27H,11-15H2,(H,22,24)/t18-,19-/m0/s1. The summed E-state index contributed by atoms with van der Waals surface area (Å²) in [6.45, 7) is 1.13. The van der Waals surface area contributed by atoms with Gasteiger partial charge in [-0.15, -0.1) is 0 Å². The Morgan fingerprint density at radius 2 is 1.67 bits per heavy atom. The van der Waals surface area contributed by atoms with Crippen molar-refractivity contribution in [3.63, 3.8) is 0 Å². The lowest BCUT2D eigenvalue weighted by Crippen LogP contribution is -2.46. The number of amides is 2. The minimum absolute atomic E-state index is 0.0286. The number of benzene rings is 2.